The average Bonchev–Trinajstić information content (AvgIpc) is 2.92. The van der Waals surface area contributed by atoms with Gasteiger partial charge in [0.2, 0.25) is 0 Å². The van der Waals surface area contributed by atoms with E-state index in [1.54, 1.807) is 0 Å². The Labute approximate surface area is 116 Å². The van der Waals surface area contributed by atoms with E-state index >= 15 is 0 Å². The standard InChI is InChI=1S/C16H24N2O/c1-2-7-16(8-3-1)19-13-5-9-17-11-12-18-10-4-6-15(18)14-17/h1-3,7-8,15H,4-6,9-14H2. The van der Waals surface area contributed by atoms with E-state index in [4.69, 9.17) is 4.74 Å². The van der Waals surface area contributed by atoms with E-state index in [9.17, 15) is 0 Å². The summed E-state index contributed by atoms with van der Waals surface area (Å²) in [6.07, 6.45) is 3.92. The number of piperazine rings is 1. The van der Waals surface area contributed by atoms with Crippen LogP contribution in [0.25, 0.3) is 0 Å². The summed E-state index contributed by atoms with van der Waals surface area (Å²) in [5, 5.41) is 0. The maximum atomic E-state index is 5.75. The molecule has 3 rings (SSSR count). The number of fused-ring (bicyclic) bond motifs is 1. The lowest BCUT2D eigenvalue weighted by molar-refractivity contribution is 0.0997. The molecule has 0 bridgehead atoms. The van der Waals surface area contributed by atoms with Crippen LogP contribution in [0.1, 0.15) is 19.3 Å². The van der Waals surface area contributed by atoms with Crippen LogP contribution in [0.4, 0.5) is 0 Å². The van der Waals surface area contributed by atoms with Crippen molar-refractivity contribution in [2.24, 2.45) is 0 Å². The Morgan fingerprint density at radius 3 is 2.89 bits per heavy atom. The predicted molar refractivity (Wildman–Crippen MR) is 77.6 cm³/mol. The highest BCUT2D eigenvalue weighted by Crippen LogP contribution is 2.21. The summed E-state index contributed by atoms with van der Waals surface area (Å²) < 4.78 is 5.75. The van der Waals surface area contributed by atoms with E-state index in [0.29, 0.717) is 0 Å². The van der Waals surface area contributed by atoms with Crippen molar-refractivity contribution in [2.75, 3.05) is 39.3 Å². The molecule has 1 aromatic rings. The number of benzene rings is 1. The molecule has 2 heterocycles. The van der Waals surface area contributed by atoms with Crippen LogP contribution in [0.5, 0.6) is 5.75 Å². The van der Waals surface area contributed by atoms with Crippen molar-refractivity contribution in [2.45, 2.75) is 25.3 Å². The van der Waals surface area contributed by atoms with Gasteiger partial charge in [0.25, 0.3) is 0 Å². The normalized spacial score (nSPS) is 24.3. The number of ether oxygens (including phenoxy) is 1. The van der Waals surface area contributed by atoms with Gasteiger partial charge in [-0.25, -0.2) is 0 Å². The summed E-state index contributed by atoms with van der Waals surface area (Å²) in [6.45, 7) is 7.11. The van der Waals surface area contributed by atoms with Gasteiger partial charge in [-0.15, -0.1) is 0 Å². The quantitative estimate of drug-likeness (QED) is 0.755. The molecule has 0 radical (unpaired) electrons. The van der Waals surface area contributed by atoms with Crippen LogP contribution in [0, 0.1) is 0 Å². The Morgan fingerprint density at radius 2 is 2.00 bits per heavy atom. The minimum Gasteiger partial charge on any atom is -0.494 e. The minimum absolute atomic E-state index is 0.828. The van der Waals surface area contributed by atoms with Crippen LogP contribution in [0.2, 0.25) is 0 Å². The van der Waals surface area contributed by atoms with Crippen molar-refractivity contribution in [3.63, 3.8) is 0 Å². The molecule has 0 aliphatic carbocycles. The lowest BCUT2D eigenvalue weighted by Gasteiger charge is -2.37. The lowest BCUT2D eigenvalue weighted by Crippen LogP contribution is -2.50. The Kier molecular flexibility index (Phi) is 4.36. The van der Waals surface area contributed by atoms with Crippen molar-refractivity contribution >= 4 is 0 Å². The number of rotatable bonds is 5. The number of hydrogen-bond donors (Lipinski definition) is 0. The molecule has 3 heteroatoms. The van der Waals surface area contributed by atoms with Crippen molar-refractivity contribution in [3.05, 3.63) is 30.3 Å². The third-order valence-corrected chi connectivity index (χ3v) is 4.30. The maximum absolute atomic E-state index is 5.75. The van der Waals surface area contributed by atoms with E-state index in [0.717, 1.165) is 24.8 Å². The molecule has 0 spiro atoms. The summed E-state index contributed by atoms with van der Waals surface area (Å²) in [5.74, 6) is 0.989. The number of nitrogens with zero attached hydrogens (tertiary/aromatic N) is 2. The van der Waals surface area contributed by atoms with Crippen molar-refractivity contribution in [1.82, 2.24) is 9.80 Å². The van der Waals surface area contributed by atoms with Gasteiger partial charge in [-0.2, -0.15) is 0 Å². The Morgan fingerprint density at radius 1 is 1.11 bits per heavy atom. The van der Waals surface area contributed by atoms with Crippen LogP contribution in [0.15, 0.2) is 30.3 Å². The zero-order valence-electron chi connectivity index (χ0n) is 11.6. The Hall–Kier alpha value is -1.06. The number of hydrogen-bond acceptors (Lipinski definition) is 3. The first-order chi connectivity index (χ1) is 9.42. The van der Waals surface area contributed by atoms with Crippen LogP contribution in [-0.2, 0) is 0 Å². The molecule has 0 saturated carbocycles. The smallest absolute Gasteiger partial charge is 0.119 e. The highest BCUT2D eigenvalue weighted by atomic mass is 16.5. The third-order valence-electron chi connectivity index (χ3n) is 4.30. The van der Waals surface area contributed by atoms with Gasteiger partial charge in [0, 0.05) is 32.2 Å². The van der Waals surface area contributed by atoms with E-state index in [1.807, 2.05) is 30.3 Å². The topological polar surface area (TPSA) is 15.7 Å². The van der Waals surface area contributed by atoms with Gasteiger partial charge in [-0.05, 0) is 37.9 Å². The summed E-state index contributed by atoms with van der Waals surface area (Å²) >= 11 is 0. The Bertz CT molecular complexity index is 382. The maximum Gasteiger partial charge on any atom is 0.119 e. The number of para-hydroxylation sites is 1. The Balaban J connectivity index is 1.34. The summed E-state index contributed by atoms with van der Waals surface area (Å²) in [4.78, 5) is 5.28. The van der Waals surface area contributed by atoms with Crippen LogP contribution in [-0.4, -0.2) is 55.2 Å². The van der Waals surface area contributed by atoms with Gasteiger partial charge < -0.3 is 9.64 Å². The van der Waals surface area contributed by atoms with Crippen LogP contribution in [0.3, 0.4) is 0 Å². The fourth-order valence-electron chi connectivity index (χ4n) is 3.25. The monoisotopic (exact) mass is 260 g/mol. The van der Waals surface area contributed by atoms with Gasteiger partial charge in [-0.1, -0.05) is 18.2 Å². The molecule has 2 saturated heterocycles. The highest BCUT2D eigenvalue weighted by molar-refractivity contribution is 5.20. The minimum atomic E-state index is 0.828. The fraction of sp³-hybridized carbons (Fsp3) is 0.625. The molecule has 0 amide bonds. The molecular weight excluding hydrogens is 236 g/mol. The molecule has 104 valence electrons. The third kappa shape index (κ3) is 3.48. The highest BCUT2D eigenvalue weighted by Gasteiger charge is 2.29. The molecule has 1 aromatic carbocycles. The van der Waals surface area contributed by atoms with Crippen LogP contribution >= 0.6 is 0 Å². The van der Waals surface area contributed by atoms with Crippen molar-refractivity contribution < 1.29 is 4.74 Å². The second kappa shape index (κ2) is 6.40. The van der Waals surface area contributed by atoms with Gasteiger partial charge in [0.15, 0.2) is 0 Å². The first-order valence-corrected chi connectivity index (χ1v) is 7.56. The second-order valence-electron chi connectivity index (χ2n) is 5.65. The fourth-order valence-corrected chi connectivity index (χ4v) is 3.25. The second-order valence-corrected chi connectivity index (χ2v) is 5.65. The lowest BCUT2D eigenvalue weighted by atomic mass is 10.1. The molecule has 2 aliphatic heterocycles. The average molecular weight is 260 g/mol. The van der Waals surface area contributed by atoms with Crippen molar-refractivity contribution in [1.29, 1.82) is 0 Å². The van der Waals surface area contributed by atoms with E-state index in [2.05, 4.69) is 9.80 Å². The van der Waals surface area contributed by atoms with Gasteiger partial charge in [-0.3, -0.25) is 4.90 Å². The molecular formula is C16H24N2O. The van der Waals surface area contributed by atoms with Crippen molar-refractivity contribution in [3.8, 4) is 5.75 Å². The van der Waals surface area contributed by atoms with E-state index in [1.165, 1.54) is 45.6 Å². The summed E-state index contributed by atoms with van der Waals surface area (Å²) in [7, 11) is 0. The molecule has 2 aliphatic rings. The molecule has 0 aromatic heterocycles. The molecule has 2 fully saturated rings. The molecule has 1 unspecified atom stereocenters. The zero-order valence-corrected chi connectivity index (χ0v) is 11.6. The first kappa shape index (κ1) is 12.9. The first-order valence-electron chi connectivity index (χ1n) is 7.56. The SMILES string of the molecule is c1ccc(OCCCN2CCN3CCCC3C2)cc1. The summed E-state index contributed by atoms with van der Waals surface area (Å²) in [6, 6.07) is 11.0. The van der Waals surface area contributed by atoms with E-state index < -0.39 is 0 Å². The zero-order chi connectivity index (χ0) is 12.9. The van der Waals surface area contributed by atoms with Gasteiger partial charge in [0.1, 0.15) is 5.75 Å². The molecule has 19 heavy (non-hydrogen) atoms. The van der Waals surface area contributed by atoms with E-state index in [-0.39, 0.29) is 0 Å². The largest absolute Gasteiger partial charge is 0.494 e. The van der Waals surface area contributed by atoms with Gasteiger partial charge in [0.05, 0.1) is 6.61 Å². The molecule has 0 N–H and O–H groups in total. The predicted octanol–water partition coefficient (Wildman–Crippen LogP) is 2.24. The van der Waals surface area contributed by atoms with Crippen LogP contribution < -0.4 is 4.74 Å². The molecule has 1 atom stereocenters. The van der Waals surface area contributed by atoms with Gasteiger partial charge >= 0.3 is 0 Å². The molecule has 3 nitrogen and oxygen atoms in total. The summed E-state index contributed by atoms with van der Waals surface area (Å²) in [5.41, 5.74) is 0.